The van der Waals surface area contributed by atoms with Crippen LogP contribution in [0, 0.1) is 5.92 Å². The van der Waals surface area contributed by atoms with Crippen molar-refractivity contribution in [2.45, 2.75) is 94.2 Å². The van der Waals surface area contributed by atoms with E-state index in [9.17, 15) is 22.8 Å². The Labute approximate surface area is 348 Å². The summed E-state index contributed by atoms with van der Waals surface area (Å²) in [5, 5.41) is 5.83. The van der Waals surface area contributed by atoms with Gasteiger partial charge < -0.3 is 29.3 Å². The molecule has 4 amide bonds. The van der Waals surface area contributed by atoms with Crippen LogP contribution < -0.4 is 24.2 Å². The van der Waals surface area contributed by atoms with Crippen LogP contribution in [0.4, 0.5) is 4.79 Å². The Bertz CT molecular complexity index is 2380. The molecule has 14 nitrogen and oxygen atoms in total. The van der Waals surface area contributed by atoms with Crippen LogP contribution in [-0.4, -0.2) is 96.3 Å². The third-order valence-electron chi connectivity index (χ3n) is 11.6. The smallest absolute Gasteiger partial charge is 0.321 e. The lowest BCUT2D eigenvalue weighted by atomic mass is 10.1. The van der Waals surface area contributed by atoms with Crippen molar-refractivity contribution in [2.24, 2.45) is 5.92 Å². The van der Waals surface area contributed by atoms with Crippen molar-refractivity contribution < 1.29 is 37.0 Å². The number of benzene rings is 2. The maximum atomic E-state index is 14.8. The second-order valence-corrected chi connectivity index (χ2v) is 19.0. The molecule has 4 aromatic rings. The van der Waals surface area contributed by atoms with Crippen molar-refractivity contribution >= 4 is 50.1 Å². The molecule has 4 heterocycles. The number of fused-ring (bicyclic) bond motifs is 3. The van der Waals surface area contributed by atoms with Gasteiger partial charge in [0.05, 0.1) is 37.2 Å². The minimum atomic E-state index is -3.88. The molecule has 4 aliphatic rings. The zero-order chi connectivity index (χ0) is 41.5. The molecule has 4 unspecified atom stereocenters. The first kappa shape index (κ1) is 40.6. The van der Waals surface area contributed by atoms with Crippen molar-refractivity contribution in [2.75, 3.05) is 27.3 Å². The first-order valence-electron chi connectivity index (χ1n) is 20.2. The molecular weight excluding hydrogens is 793 g/mol. The third-order valence-corrected chi connectivity index (χ3v) is 14.3. The highest BCUT2D eigenvalue weighted by atomic mass is 32.2. The van der Waals surface area contributed by atoms with Gasteiger partial charge in [-0.2, -0.15) is 0 Å². The van der Waals surface area contributed by atoms with Crippen LogP contribution in [0.15, 0.2) is 66.1 Å². The number of urea groups is 1. The summed E-state index contributed by atoms with van der Waals surface area (Å²) in [6.07, 6.45) is 6.78. The summed E-state index contributed by atoms with van der Waals surface area (Å²) >= 11 is 1.50. The molecule has 2 aliphatic carbocycles. The summed E-state index contributed by atoms with van der Waals surface area (Å²) in [5.41, 5.74) is 1.65. The highest BCUT2D eigenvalue weighted by Gasteiger charge is 2.62. The van der Waals surface area contributed by atoms with Crippen molar-refractivity contribution in [3.63, 3.8) is 0 Å². The van der Waals surface area contributed by atoms with Crippen molar-refractivity contribution in [3.05, 3.63) is 77.3 Å². The second kappa shape index (κ2) is 16.4. The van der Waals surface area contributed by atoms with Crippen LogP contribution >= 0.6 is 11.3 Å². The topological polar surface area (TPSA) is 169 Å². The lowest BCUT2D eigenvalue weighted by molar-refractivity contribution is -0.131. The minimum absolute atomic E-state index is 0.0820. The van der Waals surface area contributed by atoms with Crippen LogP contribution in [0.25, 0.3) is 21.6 Å². The number of aromatic nitrogens is 2. The fraction of sp³-hybridized carbons (Fsp3) is 0.465. The van der Waals surface area contributed by atoms with Crippen LogP contribution in [0.2, 0.25) is 0 Å². The van der Waals surface area contributed by atoms with Gasteiger partial charge >= 0.3 is 6.03 Å². The minimum Gasteiger partial charge on any atom is -0.497 e. The van der Waals surface area contributed by atoms with Gasteiger partial charge in [0, 0.05) is 48.3 Å². The van der Waals surface area contributed by atoms with Gasteiger partial charge in [0.2, 0.25) is 15.9 Å². The SMILES string of the molecule is COc1ccc(CN2CCCCC=CC3CC3(C(=O)NS(=O)(=O)C3CC3)NC(=O)C3CC(Oc4cc(-c5nc(C(C)C)cs5)nc5cc(OC)ccc45)CN3C2=O)cc1. The number of carbonyl (C=O) groups excluding carboxylic acids is 3. The summed E-state index contributed by atoms with van der Waals surface area (Å²) in [6.45, 7) is 5.01. The Kier molecular flexibility index (Phi) is 11.3. The maximum absolute atomic E-state index is 14.8. The summed E-state index contributed by atoms with van der Waals surface area (Å²) in [7, 11) is -0.684. The molecule has 0 radical (unpaired) electrons. The molecule has 2 aliphatic heterocycles. The number of rotatable bonds is 11. The number of sulfonamides is 1. The van der Waals surface area contributed by atoms with Crippen molar-refractivity contribution in [3.8, 4) is 28.0 Å². The van der Waals surface area contributed by atoms with E-state index in [2.05, 4.69) is 23.9 Å². The van der Waals surface area contributed by atoms with E-state index in [4.69, 9.17) is 24.2 Å². The summed E-state index contributed by atoms with van der Waals surface area (Å²) in [5.74, 6) is 0.384. The lowest BCUT2D eigenvalue weighted by Crippen LogP contribution is -2.57. The predicted molar refractivity (Wildman–Crippen MR) is 224 cm³/mol. The van der Waals surface area contributed by atoms with Gasteiger partial charge in [0.15, 0.2) is 0 Å². The Morgan fingerprint density at radius 1 is 1.03 bits per heavy atom. The number of nitrogens with zero attached hydrogens (tertiary/aromatic N) is 4. The molecule has 8 rings (SSSR count). The molecule has 2 saturated carbocycles. The normalized spacial score (nSPS) is 23.6. The van der Waals surface area contributed by atoms with E-state index in [1.165, 1.54) is 16.2 Å². The van der Waals surface area contributed by atoms with Gasteiger partial charge in [0.25, 0.3) is 5.91 Å². The molecule has 2 N–H and O–H groups in total. The monoisotopic (exact) mass is 842 g/mol. The van der Waals surface area contributed by atoms with Gasteiger partial charge in [-0.15, -0.1) is 11.3 Å². The number of hydrogen-bond donors (Lipinski definition) is 2. The number of methoxy groups -OCH3 is 2. The molecule has 2 aromatic carbocycles. The molecule has 0 spiro atoms. The van der Waals surface area contributed by atoms with E-state index in [1.807, 2.05) is 66.1 Å². The third kappa shape index (κ3) is 8.60. The van der Waals surface area contributed by atoms with E-state index in [0.717, 1.165) is 28.1 Å². The molecule has 59 heavy (non-hydrogen) atoms. The van der Waals surface area contributed by atoms with E-state index >= 15 is 0 Å². The zero-order valence-electron chi connectivity index (χ0n) is 33.7. The molecule has 3 fully saturated rings. The standard InChI is InChI=1S/C43H50N6O8S2/c1-26(2)36-25-58-40(45-36)35-21-38(33-17-14-30(56-4)19-34(33)44-35)57-31-20-37-39(50)46-43(41(51)47-59(53,54)32-15-16-32)22-28(43)9-7-5-6-8-18-48(42(52)49(37)24-31)23-27-10-12-29(55-3)13-11-27/h7,9-14,17,19,21,25-26,28,31-32,37H,5-6,8,15-16,18,20,22-24H2,1-4H3,(H,46,50)(H,47,51). The Morgan fingerprint density at radius 2 is 1.80 bits per heavy atom. The first-order valence-corrected chi connectivity index (χ1v) is 22.6. The fourth-order valence-electron chi connectivity index (χ4n) is 7.87. The summed E-state index contributed by atoms with van der Waals surface area (Å²) in [4.78, 5) is 56.3. The highest BCUT2D eigenvalue weighted by Crippen LogP contribution is 2.46. The van der Waals surface area contributed by atoms with E-state index in [-0.39, 0.29) is 31.3 Å². The molecular formula is C43H50N6O8S2. The van der Waals surface area contributed by atoms with Gasteiger partial charge in [0.1, 0.15) is 45.6 Å². The van der Waals surface area contributed by atoms with Gasteiger partial charge in [-0.1, -0.05) is 38.1 Å². The van der Waals surface area contributed by atoms with Crippen molar-refractivity contribution in [1.29, 1.82) is 0 Å². The quantitative estimate of drug-likeness (QED) is 0.167. The largest absolute Gasteiger partial charge is 0.497 e. The first-order chi connectivity index (χ1) is 28.4. The maximum Gasteiger partial charge on any atom is 0.321 e. The highest BCUT2D eigenvalue weighted by molar-refractivity contribution is 7.91. The molecule has 4 atom stereocenters. The molecule has 16 heteroatoms. The number of thiazole rings is 1. The van der Waals surface area contributed by atoms with E-state index in [1.54, 1.807) is 19.1 Å². The van der Waals surface area contributed by atoms with Gasteiger partial charge in [-0.3, -0.25) is 14.3 Å². The average molecular weight is 843 g/mol. The Morgan fingerprint density at radius 3 is 2.51 bits per heavy atom. The number of hydrogen-bond acceptors (Lipinski definition) is 11. The van der Waals surface area contributed by atoms with Crippen LogP contribution in [0.3, 0.4) is 0 Å². The van der Waals surface area contributed by atoms with Crippen molar-refractivity contribution in [1.82, 2.24) is 29.8 Å². The molecule has 0 bridgehead atoms. The second-order valence-electron chi connectivity index (χ2n) is 16.2. The average Bonchev–Trinajstić information content (AvgIpc) is 4.10. The lowest BCUT2D eigenvalue weighted by Gasteiger charge is -2.32. The molecule has 2 aromatic heterocycles. The molecule has 312 valence electrons. The number of ether oxygens (including phenoxy) is 3. The fourth-order valence-corrected chi connectivity index (χ4v) is 10.2. The van der Waals surface area contributed by atoms with Gasteiger partial charge in [-0.05, 0) is 74.3 Å². The zero-order valence-corrected chi connectivity index (χ0v) is 35.3. The Hall–Kier alpha value is -5.22. The van der Waals surface area contributed by atoms with Crippen LogP contribution in [0.1, 0.15) is 76.0 Å². The number of allylic oxidation sites excluding steroid dienone is 1. The van der Waals surface area contributed by atoms with Gasteiger partial charge in [-0.25, -0.2) is 23.2 Å². The summed E-state index contributed by atoms with van der Waals surface area (Å²) in [6, 6.07) is 13.6. The number of pyridine rings is 1. The van der Waals surface area contributed by atoms with Crippen LogP contribution in [0.5, 0.6) is 17.2 Å². The predicted octanol–water partition coefficient (Wildman–Crippen LogP) is 6.17. The van der Waals surface area contributed by atoms with Crippen LogP contribution in [-0.2, 0) is 26.2 Å². The van der Waals surface area contributed by atoms with E-state index in [0.29, 0.717) is 67.2 Å². The Balaban J connectivity index is 1.13. The molecule has 1 saturated heterocycles. The number of amides is 4. The number of nitrogens with one attached hydrogen (secondary N) is 2. The number of carbonyl (C=O) groups is 3. The summed E-state index contributed by atoms with van der Waals surface area (Å²) < 4.78 is 45.8. The van der Waals surface area contributed by atoms with E-state index < -0.39 is 50.7 Å².